The van der Waals surface area contributed by atoms with Gasteiger partial charge in [0.05, 0.1) is 7.11 Å². The number of carbonyl (C=O) groups is 1. The molecule has 1 aromatic rings. The highest BCUT2D eigenvalue weighted by Crippen LogP contribution is 2.11. The number of amides is 1. The number of hydrogen-bond donors (Lipinski definition) is 1. The monoisotopic (exact) mass is 221 g/mol. The van der Waals surface area contributed by atoms with Crippen molar-refractivity contribution in [1.29, 1.82) is 0 Å². The van der Waals surface area contributed by atoms with Crippen LogP contribution in [-0.2, 0) is 0 Å². The number of rotatable bonds is 5. The normalized spacial score (nSPS) is 11.9. The molecule has 1 aromatic carbocycles. The minimum atomic E-state index is -0.0244. The molecule has 3 heteroatoms. The van der Waals surface area contributed by atoms with Crippen LogP contribution in [0.3, 0.4) is 0 Å². The molecule has 0 spiro atoms. The molecule has 88 valence electrons. The Labute approximate surface area is 96.8 Å². The molecule has 1 rings (SSSR count). The van der Waals surface area contributed by atoms with E-state index in [4.69, 9.17) is 4.74 Å². The van der Waals surface area contributed by atoms with Gasteiger partial charge in [-0.15, -0.1) is 0 Å². The first kappa shape index (κ1) is 12.6. The zero-order chi connectivity index (χ0) is 12.0. The average Bonchev–Trinajstić information content (AvgIpc) is 2.29. The summed E-state index contributed by atoms with van der Waals surface area (Å²) in [5, 5.41) is 2.95. The largest absolute Gasteiger partial charge is 0.497 e. The SMILES string of the molecule is CCCC(C)NC(=O)c1ccc(OC)cc1. The lowest BCUT2D eigenvalue weighted by molar-refractivity contribution is 0.0938. The molecule has 0 bridgehead atoms. The minimum absolute atomic E-state index is 0.0244. The van der Waals surface area contributed by atoms with Gasteiger partial charge in [-0.05, 0) is 37.6 Å². The lowest BCUT2D eigenvalue weighted by Gasteiger charge is -2.12. The van der Waals surface area contributed by atoms with Crippen LogP contribution in [0.1, 0.15) is 37.0 Å². The standard InChI is InChI=1S/C13H19NO2/c1-4-5-10(2)14-13(15)11-6-8-12(16-3)9-7-11/h6-10H,4-5H2,1-3H3,(H,14,15). The first-order valence-electron chi connectivity index (χ1n) is 5.62. The topological polar surface area (TPSA) is 38.3 Å². The second kappa shape index (κ2) is 6.16. The van der Waals surface area contributed by atoms with E-state index in [1.54, 1.807) is 31.4 Å². The van der Waals surface area contributed by atoms with Gasteiger partial charge < -0.3 is 10.1 Å². The van der Waals surface area contributed by atoms with Gasteiger partial charge in [-0.3, -0.25) is 4.79 Å². The summed E-state index contributed by atoms with van der Waals surface area (Å²) < 4.78 is 5.04. The number of methoxy groups -OCH3 is 1. The van der Waals surface area contributed by atoms with Crippen LogP contribution in [0.15, 0.2) is 24.3 Å². The molecule has 0 radical (unpaired) electrons. The van der Waals surface area contributed by atoms with Crippen LogP contribution < -0.4 is 10.1 Å². The summed E-state index contributed by atoms with van der Waals surface area (Å²) in [5.74, 6) is 0.738. The van der Waals surface area contributed by atoms with E-state index >= 15 is 0 Å². The second-order valence-corrected chi connectivity index (χ2v) is 3.89. The molecule has 0 heterocycles. The fourth-order valence-electron chi connectivity index (χ4n) is 1.55. The first-order valence-corrected chi connectivity index (χ1v) is 5.62. The maximum absolute atomic E-state index is 11.8. The van der Waals surface area contributed by atoms with Gasteiger partial charge in [-0.1, -0.05) is 13.3 Å². The number of hydrogen-bond acceptors (Lipinski definition) is 2. The molecule has 0 aliphatic carbocycles. The maximum atomic E-state index is 11.8. The Morgan fingerprint density at radius 2 is 2.00 bits per heavy atom. The van der Waals surface area contributed by atoms with Crippen molar-refractivity contribution in [2.75, 3.05) is 7.11 Å². The highest BCUT2D eigenvalue weighted by atomic mass is 16.5. The predicted molar refractivity (Wildman–Crippen MR) is 64.8 cm³/mol. The zero-order valence-electron chi connectivity index (χ0n) is 10.1. The third-order valence-corrected chi connectivity index (χ3v) is 2.45. The van der Waals surface area contributed by atoms with E-state index in [-0.39, 0.29) is 11.9 Å². The Morgan fingerprint density at radius 3 is 2.50 bits per heavy atom. The van der Waals surface area contributed by atoms with Crippen LogP contribution in [0.4, 0.5) is 0 Å². The maximum Gasteiger partial charge on any atom is 0.251 e. The summed E-state index contributed by atoms with van der Waals surface area (Å²) in [4.78, 5) is 11.8. The fourth-order valence-corrected chi connectivity index (χ4v) is 1.55. The predicted octanol–water partition coefficient (Wildman–Crippen LogP) is 2.61. The van der Waals surface area contributed by atoms with Gasteiger partial charge >= 0.3 is 0 Å². The Kier molecular flexibility index (Phi) is 4.83. The summed E-state index contributed by atoms with van der Waals surface area (Å²) >= 11 is 0. The molecule has 0 saturated carbocycles. The van der Waals surface area contributed by atoms with E-state index in [1.165, 1.54) is 0 Å². The van der Waals surface area contributed by atoms with E-state index < -0.39 is 0 Å². The molecule has 0 aliphatic heterocycles. The molecule has 0 aliphatic rings. The highest BCUT2D eigenvalue weighted by Gasteiger charge is 2.08. The van der Waals surface area contributed by atoms with Gasteiger partial charge in [0.1, 0.15) is 5.75 Å². The highest BCUT2D eigenvalue weighted by molar-refractivity contribution is 5.94. The lowest BCUT2D eigenvalue weighted by atomic mass is 10.1. The van der Waals surface area contributed by atoms with Crippen LogP contribution in [0.2, 0.25) is 0 Å². The summed E-state index contributed by atoms with van der Waals surface area (Å²) in [6, 6.07) is 7.35. The van der Waals surface area contributed by atoms with E-state index in [0.717, 1.165) is 18.6 Å². The third kappa shape index (κ3) is 3.57. The summed E-state index contributed by atoms with van der Waals surface area (Å²) in [5.41, 5.74) is 0.670. The van der Waals surface area contributed by atoms with Gasteiger partial charge in [0.15, 0.2) is 0 Å². The van der Waals surface area contributed by atoms with Gasteiger partial charge in [0, 0.05) is 11.6 Å². The molecule has 0 aromatic heterocycles. The van der Waals surface area contributed by atoms with Crippen molar-refractivity contribution in [3.63, 3.8) is 0 Å². The molecule has 1 atom stereocenters. The molecule has 1 unspecified atom stereocenters. The van der Waals surface area contributed by atoms with Gasteiger partial charge in [-0.25, -0.2) is 0 Å². The number of nitrogens with one attached hydrogen (secondary N) is 1. The second-order valence-electron chi connectivity index (χ2n) is 3.89. The zero-order valence-corrected chi connectivity index (χ0v) is 10.1. The van der Waals surface area contributed by atoms with Crippen molar-refractivity contribution in [2.45, 2.75) is 32.7 Å². The smallest absolute Gasteiger partial charge is 0.251 e. The van der Waals surface area contributed by atoms with E-state index in [2.05, 4.69) is 12.2 Å². The van der Waals surface area contributed by atoms with Gasteiger partial charge in [0.25, 0.3) is 5.91 Å². The van der Waals surface area contributed by atoms with E-state index in [1.807, 2.05) is 6.92 Å². The molecule has 16 heavy (non-hydrogen) atoms. The van der Waals surface area contributed by atoms with Crippen LogP contribution in [0.5, 0.6) is 5.75 Å². The Hall–Kier alpha value is -1.51. The quantitative estimate of drug-likeness (QED) is 0.830. The molecule has 0 saturated heterocycles. The fraction of sp³-hybridized carbons (Fsp3) is 0.462. The number of carbonyl (C=O) groups excluding carboxylic acids is 1. The van der Waals surface area contributed by atoms with Crippen molar-refractivity contribution in [3.05, 3.63) is 29.8 Å². The summed E-state index contributed by atoms with van der Waals surface area (Å²) in [6.07, 6.45) is 2.08. The number of ether oxygens (including phenoxy) is 1. The Morgan fingerprint density at radius 1 is 1.38 bits per heavy atom. The van der Waals surface area contributed by atoms with E-state index in [9.17, 15) is 4.79 Å². The first-order chi connectivity index (χ1) is 7.67. The Balaban J connectivity index is 2.59. The third-order valence-electron chi connectivity index (χ3n) is 2.45. The molecule has 1 N–H and O–H groups in total. The number of benzene rings is 1. The average molecular weight is 221 g/mol. The van der Waals surface area contributed by atoms with Gasteiger partial charge in [0.2, 0.25) is 0 Å². The van der Waals surface area contributed by atoms with Crippen LogP contribution in [0.25, 0.3) is 0 Å². The minimum Gasteiger partial charge on any atom is -0.497 e. The molecular formula is C13H19NO2. The van der Waals surface area contributed by atoms with Crippen molar-refractivity contribution in [2.24, 2.45) is 0 Å². The van der Waals surface area contributed by atoms with Crippen molar-refractivity contribution in [1.82, 2.24) is 5.32 Å². The Bertz CT molecular complexity index is 332. The lowest BCUT2D eigenvalue weighted by Crippen LogP contribution is -2.32. The molecular weight excluding hydrogens is 202 g/mol. The van der Waals surface area contributed by atoms with Crippen molar-refractivity contribution < 1.29 is 9.53 Å². The summed E-state index contributed by atoms with van der Waals surface area (Å²) in [6.45, 7) is 4.13. The van der Waals surface area contributed by atoms with Gasteiger partial charge in [-0.2, -0.15) is 0 Å². The summed E-state index contributed by atoms with van der Waals surface area (Å²) in [7, 11) is 1.61. The van der Waals surface area contributed by atoms with Crippen molar-refractivity contribution in [3.8, 4) is 5.75 Å². The molecule has 3 nitrogen and oxygen atoms in total. The molecule has 0 fully saturated rings. The van der Waals surface area contributed by atoms with Crippen LogP contribution in [-0.4, -0.2) is 19.1 Å². The van der Waals surface area contributed by atoms with Crippen molar-refractivity contribution >= 4 is 5.91 Å². The van der Waals surface area contributed by atoms with E-state index in [0.29, 0.717) is 5.56 Å². The van der Waals surface area contributed by atoms with Crippen LogP contribution >= 0.6 is 0 Å². The van der Waals surface area contributed by atoms with Crippen LogP contribution in [0, 0.1) is 0 Å². The molecule has 1 amide bonds.